The van der Waals surface area contributed by atoms with Crippen LogP contribution in [0.5, 0.6) is 0 Å². The van der Waals surface area contributed by atoms with E-state index in [1.54, 1.807) is 31.7 Å². The summed E-state index contributed by atoms with van der Waals surface area (Å²) < 4.78 is 32.2. The normalized spacial score (nSPS) is 20.8. The first kappa shape index (κ1) is 15.8. The number of hydrogen-bond acceptors (Lipinski definition) is 5. The first-order chi connectivity index (χ1) is 8.48. The van der Waals surface area contributed by atoms with Crippen molar-refractivity contribution >= 4 is 16.2 Å². The number of amides is 1. The molecule has 0 saturated carbocycles. The maximum atomic E-state index is 11.9. The van der Waals surface area contributed by atoms with Crippen molar-refractivity contribution < 1.29 is 22.1 Å². The van der Waals surface area contributed by atoms with E-state index < -0.39 is 21.8 Å². The molecular formula is C12H21NO5S. The monoisotopic (exact) mass is 291 g/mol. The predicted molar refractivity (Wildman–Crippen MR) is 71.0 cm³/mol. The van der Waals surface area contributed by atoms with Gasteiger partial charge >= 0.3 is 16.2 Å². The molecular weight excluding hydrogens is 270 g/mol. The largest absolute Gasteiger partial charge is 0.444 e. The van der Waals surface area contributed by atoms with Crippen LogP contribution >= 0.6 is 0 Å². The minimum atomic E-state index is -3.52. The van der Waals surface area contributed by atoms with Crippen molar-refractivity contribution in [3.05, 3.63) is 11.8 Å². The molecule has 1 aliphatic heterocycles. The molecule has 7 heteroatoms. The van der Waals surface area contributed by atoms with Crippen molar-refractivity contribution in [2.45, 2.75) is 45.8 Å². The summed E-state index contributed by atoms with van der Waals surface area (Å²) in [5.74, 6) is 0.370. The molecule has 0 radical (unpaired) electrons. The van der Waals surface area contributed by atoms with Gasteiger partial charge in [0.25, 0.3) is 0 Å². The van der Waals surface area contributed by atoms with E-state index >= 15 is 0 Å². The highest BCUT2D eigenvalue weighted by atomic mass is 32.2. The van der Waals surface area contributed by atoms with Crippen molar-refractivity contribution in [3.8, 4) is 0 Å². The second kappa shape index (κ2) is 5.40. The van der Waals surface area contributed by atoms with E-state index in [9.17, 15) is 13.2 Å². The maximum Gasteiger partial charge on any atom is 0.410 e. The highest BCUT2D eigenvalue weighted by molar-refractivity contribution is 7.86. The Morgan fingerprint density at radius 3 is 2.42 bits per heavy atom. The average Bonchev–Trinajstić information content (AvgIpc) is 2.11. The van der Waals surface area contributed by atoms with Gasteiger partial charge in [0, 0.05) is 19.0 Å². The van der Waals surface area contributed by atoms with Gasteiger partial charge in [0.2, 0.25) is 0 Å². The quantitative estimate of drug-likeness (QED) is 0.726. The molecule has 0 aromatic rings. The predicted octanol–water partition coefficient (Wildman–Crippen LogP) is 1.88. The van der Waals surface area contributed by atoms with Crippen molar-refractivity contribution in [2.75, 3.05) is 12.8 Å². The second-order valence-electron chi connectivity index (χ2n) is 5.64. The fraction of sp³-hybridized carbons (Fsp3) is 0.750. The van der Waals surface area contributed by atoms with E-state index in [2.05, 4.69) is 0 Å². The van der Waals surface area contributed by atoms with Gasteiger partial charge < -0.3 is 13.8 Å². The lowest BCUT2D eigenvalue weighted by molar-refractivity contribution is 0.0180. The summed E-state index contributed by atoms with van der Waals surface area (Å²) in [4.78, 5) is 13.5. The van der Waals surface area contributed by atoms with Crippen LogP contribution in [-0.2, 0) is 19.0 Å². The van der Waals surface area contributed by atoms with Gasteiger partial charge in [-0.1, -0.05) is 0 Å². The van der Waals surface area contributed by atoms with Crippen LogP contribution in [0.1, 0.15) is 34.1 Å². The zero-order valence-corrected chi connectivity index (χ0v) is 12.8. The lowest BCUT2D eigenvalue weighted by atomic mass is 10.1. The Balaban J connectivity index is 2.70. The van der Waals surface area contributed by atoms with Crippen molar-refractivity contribution in [1.29, 1.82) is 0 Å². The summed E-state index contributed by atoms with van der Waals surface area (Å²) in [6, 6.07) is -0.170. The first-order valence-corrected chi connectivity index (χ1v) is 7.88. The Morgan fingerprint density at radius 1 is 1.42 bits per heavy atom. The van der Waals surface area contributed by atoms with Gasteiger partial charge in [-0.3, -0.25) is 0 Å². The molecule has 0 fully saturated rings. The molecule has 19 heavy (non-hydrogen) atoms. The highest BCUT2D eigenvalue weighted by Crippen LogP contribution is 2.22. The molecule has 0 aliphatic carbocycles. The van der Waals surface area contributed by atoms with Gasteiger partial charge in [0.05, 0.1) is 6.26 Å². The van der Waals surface area contributed by atoms with Gasteiger partial charge in [-0.25, -0.2) is 4.79 Å². The molecule has 0 unspecified atom stereocenters. The third-order valence-electron chi connectivity index (χ3n) is 2.43. The van der Waals surface area contributed by atoms with Gasteiger partial charge in [-0.15, -0.1) is 0 Å². The lowest BCUT2D eigenvalue weighted by Gasteiger charge is -2.33. The van der Waals surface area contributed by atoms with Crippen LogP contribution < -0.4 is 0 Å². The number of carbonyl (C=O) groups excluding carboxylic acids is 1. The van der Waals surface area contributed by atoms with Crippen molar-refractivity contribution in [1.82, 2.24) is 4.90 Å². The van der Waals surface area contributed by atoms with Crippen LogP contribution in [0.25, 0.3) is 0 Å². The third kappa shape index (κ3) is 5.50. The lowest BCUT2D eigenvalue weighted by Crippen LogP contribution is -2.44. The molecule has 1 heterocycles. The molecule has 0 bridgehead atoms. The van der Waals surface area contributed by atoms with E-state index in [1.165, 1.54) is 0 Å². The fourth-order valence-electron chi connectivity index (χ4n) is 1.70. The van der Waals surface area contributed by atoms with E-state index in [0.717, 1.165) is 6.26 Å². The molecule has 0 aromatic carbocycles. The van der Waals surface area contributed by atoms with Gasteiger partial charge in [-0.2, -0.15) is 8.42 Å². The maximum absolute atomic E-state index is 11.9. The zero-order chi connectivity index (χ0) is 14.8. The number of hydrogen-bond donors (Lipinski definition) is 0. The number of ether oxygens (including phenoxy) is 1. The van der Waals surface area contributed by atoms with Crippen LogP contribution in [0.2, 0.25) is 0 Å². The molecule has 1 atom stereocenters. The van der Waals surface area contributed by atoms with Crippen LogP contribution in [0.4, 0.5) is 4.79 Å². The summed E-state index contributed by atoms with van der Waals surface area (Å²) in [5.41, 5.74) is -0.552. The molecule has 0 saturated heterocycles. The van der Waals surface area contributed by atoms with Gasteiger partial charge in [-0.05, 0) is 33.8 Å². The highest BCUT2D eigenvalue weighted by Gasteiger charge is 2.29. The molecule has 1 amide bonds. The molecule has 110 valence electrons. The fourth-order valence-corrected chi connectivity index (χ4v) is 2.23. The Morgan fingerprint density at radius 2 is 2.00 bits per heavy atom. The van der Waals surface area contributed by atoms with Crippen LogP contribution in [0, 0.1) is 0 Å². The summed E-state index contributed by atoms with van der Waals surface area (Å²) in [6.07, 6.45) is 2.53. The summed E-state index contributed by atoms with van der Waals surface area (Å²) >= 11 is 0. The van der Waals surface area contributed by atoms with Crippen LogP contribution in [0.3, 0.4) is 0 Å². The second-order valence-corrected chi connectivity index (χ2v) is 7.22. The first-order valence-electron chi connectivity index (χ1n) is 6.06. The summed E-state index contributed by atoms with van der Waals surface area (Å²) in [6.45, 7) is 7.50. The van der Waals surface area contributed by atoms with E-state index in [4.69, 9.17) is 8.92 Å². The number of rotatable bonds is 2. The Hall–Kier alpha value is -1.24. The van der Waals surface area contributed by atoms with Crippen molar-refractivity contribution in [3.63, 3.8) is 0 Å². The summed E-state index contributed by atoms with van der Waals surface area (Å²) in [7, 11) is -3.52. The van der Waals surface area contributed by atoms with Gasteiger partial charge in [0.15, 0.2) is 0 Å². The van der Waals surface area contributed by atoms with E-state index in [-0.39, 0.29) is 12.6 Å². The standard InChI is InChI=1S/C12H21NO5S/c1-9-8-10(18-19(5,15)16)6-7-13(9)11(14)17-12(2,3)4/h6,9H,7-8H2,1-5H3/t9-/m1/s1. The molecule has 0 spiro atoms. The number of nitrogens with zero attached hydrogens (tertiary/aromatic N) is 1. The Labute approximate surface area is 114 Å². The Bertz CT molecular complexity index is 475. The Kier molecular flexibility index (Phi) is 4.50. The SMILES string of the molecule is C[C@@H]1CC(OS(C)(=O)=O)=CCN1C(=O)OC(C)(C)C. The third-order valence-corrected chi connectivity index (χ3v) is 2.95. The topological polar surface area (TPSA) is 72.9 Å². The minimum Gasteiger partial charge on any atom is -0.444 e. The smallest absolute Gasteiger partial charge is 0.410 e. The zero-order valence-electron chi connectivity index (χ0n) is 12.0. The summed E-state index contributed by atoms with van der Waals surface area (Å²) in [5, 5.41) is 0. The van der Waals surface area contributed by atoms with E-state index in [1.807, 2.05) is 6.92 Å². The van der Waals surface area contributed by atoms with E-state index in [0.29, 0.717) is 12.2 Å². The van der Waals surface area contributed by atoms with Crippen LogP contribution in [-0.4, -0.2) is 43.9 Å². The molecule has 0 aromatic heterocycles. The molecule has 1 rings (SSSR count). The molecule has 0 N–H and O–H groups in total. The van der Waals surface area contributed by atoms with Gasteiger partial charge in [0.1, 0.15) is 11.4 Å². The molecule has 6 nitrogen and oxygen atoms in total. The van der Waals surface area contributed by atoms with Crippen molar-refractivity contribution in [2.24, 2.45) is 0 Å². The van der Waals surface area contributed by atoms with Crippen LogP contribution in [0.15, 0.2) is 11.8 Å². The average molecular weight is 291 g/mol. The number of carbonyl (C=O) groups is 1. The molecule has 1 aliphatic rings. The minimum absolute atomic E-state index is 0.170.